The minimum absolute atomic E-state index is 0.205. The molecule has 0 spiro atoms. The molecule has 0 aliphatic carbocycles. The van der Waals surface area contributed by atoms with Crippen LogP contribution < -0.4 is 5.32 Å². The van der Waals surface area contributed by atoms with E-state index in [-0.39, 0.29) is 5.91 Å². The molecule has 0 atom stereocenters. The van der Waals surface area contributed by atoms with Gasteiger partial charge in [0, 0.05) is 17.5 Å². The lowest BCUT2D eigenvalue weighted by Gasteiger charge is -2.08. The molecule has 5 nitrogen and oxygen atoms in total. The summed E-state index contributed by atoms with van der Waals surface area (Å²) in [5.74, 6) is 0.462. The number of aryl methyl sites for hydroxylation is 1. The van der Waals surface area contributed by atoms with Crippen LogP contribution in [0.15, 0.2) is 53.5 Å². The third-order valence-corrected chi connectivity index (χ3v) is 3.84. The van der Waals surface area contributed by atoms with Crippen LogP contribution >= 0.6 is 11.3 Å². The largest absolute Gasteiger partial charge is 0.307 e. The molecule has 23 heavy (non-hydrogen) atoms. The Morgan fingerprint density at radius 2 is 2.30 bits per heavy atom. The highest BCUT2D eigenvalue weighted by Crippen LogP contribution is 2.12. The Morgan fingerprint density at radius 1 is 1.39 bits per heavy atom. The van der Waals surface area contributed by atoms with Crippen molar-refractivity contribution in [2.75, 3.05) is 5.32 Å². The van der Waals surface area contributed by atoms with Gasteiger partial charge in [-0.3, -0.25) is 4.79 Å². The molecule has 1 N–H and O–H groups in total. The number of nitrogens with one attached hydrogen (secondary N) is 1. The highest BCUT2D eigenvalue weighted by atomic mass is 32.1. The van der Waals surface area contributed by atoms with Gasteiger partial charge in [0.25, 0.3) is 0 Å². The molecule has 0 fully saturated rings. The zero-order valence-corrected chi connectivity index (χ0v) is 13.5. The number of hydrogen-bond donors (Lipinski definition) is 1. The van der Waals surface area contributed by atoms with E-state index in [1.54, 1.807) is 28.5 Å². The molecule has 0 unspecified atom stereocenters. The number of rotatable bonds is 5. The topological polar surface area (TPSA) is 59.8 Å². The van der Waals surface area contributed by atoms with Crippen molar-refractivity contribution in [1.82, 2.24) is 14.8 Å². The van der Waals surface area contributed by atoms with E-state index in [4.69, 9.17) is 0 Å². The summed E-state index contributed by atoms with van der Waals surface area (Å²) < 4.78 is 1.77. The lowest BCUT2D eigenvalue weighted by molar-refractivity contribution is -0.111. The van der Waals surface area contributed by atoms with Gasteiger partial charge in [-0.2, -0.15) is 5.10 Å². The molecular formula is C17H16N4OS. The molecule has 0 aliphatic heterocycles. The quantitative estimate of drug-likeness (QED) is 0.732. The Balaban J connectivity index is 1.67. The maximum absolute atomic E-state index is 12.0. The second-order valence-electron chi connectivity index (χ2n) is 5.10. The lowest BCUT2D eigenvalue weighted by atomic mass is 10.1. The Morgan fingerprint density at radius 3 is 3.09 bits per heavy atom. The molecule has 1 amide bonds. The summed E-state index contributed by atoms with van der Waals surface area (Å²) in [5.41, 5.74) is 4.85. The van der Waals surface area contributed by atoms with Gasteiger partial charge in [0.05, 0.1) is 23.9 Å². The summed E-state index contributed by atoms with van der Waals surface area (Å²) in [6.45, 7) is 2.67. The van der Waals surface area contributed by atoms with Crippen LogP contribution in [0.4, 0.5) is 5.82 Å². The second-order valence-corrected chi connectivity index (χ2v) is 5.82. The molecule has 2 aromatic heterocycles. The molecule has 1 aromatic carbocycles. The summed E-state index contributed by atoms with van der Waals surface area (Å²) in [6, 6.07) is 10.0. The number of anilines is 1. The monoisotopic (exact) mass is 324 g/mol. The predicted molar refractivity (Wildman–Crippen MR) is 92.3 cm³/mol. The van der Waals surface area contributed by atoms with Crippen molar-refractivity contribution in [2.45, 2.75) is 13.5 Å². The molecule has 2 heterocycles. The fourth-order valence-corrected chi connectivity index (χ4v) is 2.70. The number of carbonyl (C=O) groups excluding carboxylic acids is 1. The first-order valence-electron chi connectivity index (χ1n) is 7.15. The number of aromatic nitrogens is 3. The predicted octanol–water partition coefficient (Wildman–Crippen LogP) is 3.35. The number of nitrogens with zero attached hydrogens (tertiary/aromatic N) is 3. The summed E-state index contributed by atoms with van der Waals surface area (Å²) >= 11 is 1.49. The van der Waals surface area contributed by atoms with Crippen LogP contribution in [0.25, 0.3) is 6.08 Å². The highest BCUT2D eigenvalue weighted by Gasteiger charge is 2.06. The third-order valence-electron chi connectivity index (χ3n) is 3.24. The first-order valence-corrected chi connectivity index (χ1v) is 8.09. The first-order chi connectivity index (χ1) is 11.2. The standard InChI is InChI=1S/C17H16N4OS/c1-13-3-2-4-14(9-13)10-21-16(7-8-19-21)20-17(22)6-5-15-11-23-12-18-15/h2-9,11-12H,10H2,1H3,(H,20,22)/b6-5-. The normalized spacial score (nSPS) is 11.0. The summed E-state index contributed by atoms with van der Waals surface area (Å²) in [5, 5.41) is 8.99. The first kappa shape index (κ1) is 15.2. The van der Waals surface area contributed by atoms with Crippen molar-refractivity contribution in [3.63, 3.8) is 0 Å². The number of benzene rings is 1. The number of thiazole rings is 1. The molecule has 6 heteroatoms. The number of amides is 1. The molecule has 3 aromatic rings. The number of hydrogen-bond acceptors (Lipinski definition) is 4. The Labute approximate surface area is 138 Å². The van der Waals surface area contributed by atoms with Gasteiger partial charge < -0.3 is 5.32 Å². The van der Waals surface area contributed by atoms with E-state index < -0.39 is 0 Å². The molecule has 0 bridgehead atoms. The zero-order valence-electron chi connectivity index (χ0n) is 12.6. The van der Waals surface area contributed by atoms with E-state index >= 15 is 0 Å². The van der Waals surface area contributed by atoms with Crippen LogP contribution in [0.1, 0.15) is 16.8 Å². The summed E-state index contributed by atoms with van der Waals surface area (Å²) in [7, 11) is 0. The van der Waals surface area contributed by atoms with Crippen molar-refractivity contribution < 1.29 is 4.79 Å². The molecule has 0 aliphatic rings. The van der Waals surface area contributed by atoms with Crippen molar-refractivity contribution in [2.24, 2.45) is 0 Å². The van der Waals surface area contributed by atoms with Crippen molar-refractivity contribution in [3.8, 4) is 0 Å². The fraction of sp³-hybridized carbons (Fsp3) is 0.118. The Hall–Kier alpha value is -2.73. The molecule has 0 radical (unpaired) electrons. The van der Waals surface area contributed by atoms with Crippen LogP contribution in [0, 0.1) is 6.92 Å². The second kappa shape index (κ2) is 7.02. The Kier molecular flexibility index (Phi) is 4.63. The lowest BCUT2D eigenvalue weighted by Crippen LogP contribution is -2.13. The van der Waals surface area contributed by atoms with E-state index in [1.165, 1.54) is 23.0 Å². The average Bonchev–Trinajstić information content (AvgIpc) is 3.18. The summed E-state index contributed by atoms with van der Waals surface area (Å²) in [4.78, 5) is 16.1. The van der Waals surface area contributed by atoms with Crippen LogP contribution in [0.5, 0.6) is 0 Å². The minimum atomic E-state index is -0.205. The van der Waals surface area contributed by atoms with E-state index in [9.17, 15) is 4.79 Å². The summed E-state index contributed by atoms with van der Waals surface area (Å²) in [6.07, 6.45) is 4.84. The van der Waals surface area contributed by atoms with E-state index in [0.29, 0.717) is 12.4 Å². The molecule has 116 valence electrons. The van der Waals surface area contributed by atoms with Crippen LogP contribution in [0.3, 0.4) is 0 Å². The van der Waals surface area contributed by atoms with Gasteiger partial charge in [0.1, 0.15) is 5.82 Å². The van der Waals surface area contributed by atoms with Crippen LogP contribution in [0.2, 0.25) is 0 Å². The average molecular weight is 324 g/mol. The minimum Gasteiger partial charge on any atom is -0.307 e. The number of carbonyl (C=O) groups is 1. The third kappa shape index (κ3) is 4.14. The van der Waals surface area contributed by atoms with Gasteiger partial charge in [-0.25, -0.2) is 9.67 Å². The van der Waals surface area contributed by atoms with Crippen molar-refractivity contribution in [1.29, 1.82) is 0 Å². The van der Waals surface area contributed by atoms with Gasteiger partial charge in [-0.05, 0) is 18.6 Å². The smallest absolute Gasteiger partial charge is 0.249 e. The fourth-order valence-electron chi connectivity index (χ4n) is 2.18. The molecule has 0 saturated heterocycles. The molecule has 0 saturated carbocycles. The SMILES string of the molecule is Cc1cccc(Cn2nccc2NC(=O)/C=C\c2cscn2)c1. The van der Waals surface area contributed by atoms with Crippen molar-refractivity contribution >= 4 is 29.1 Å². The maximum atomic E-state index is 12.0. The van der Waals surface area contributed by atoms with E-state index in [1.807, 2.05) is 17.5 Å². The highest BCUT2D eigenvalue weighted by molar-refractivity contribution is 7.07. The van der Waals surface area contributed by atoms with Crippen LogP contribution in [-0.2, 0) is 11.3 Å². The van der Waals surface area contributed by atoms with Gasteiger partial charge in [-0.15, -0.1) is 11.3 Å². The van der Waals surface area contributed by atoms with E-state index in [2.05, 4.69) is 34.5 Å². The zero-order chi connectivity index (χ0) is 16.1. The molecular weight excluding hydrogens is 308 g/mol. The van der Waals surface area contributed by atoms with Crippen LogP contribution in [-0.4, -0.2) is 20.7 Å². The van der Waals surface area contributed by atoms with E-state index in [0.717, 1.165) is 11.3 Å². The maximum Gasteiger partial charge on any atom is 0.249 e. The van der Waals surface area contributed by atoms with Gasteiger partial charge in [-0.1, -0.05) is 29.8 Å². The van der Waals surface area contributed by atoms with Gasteiger partial charge in [0.2, 0.25) is 5.91 Å². The van der Waals surface area contributed by atoms with Gasteiger partial charge in [0.15, 0.2) is 0 Å². The van der Waals surface area contributed by atoms with Gasteiger partial charge >= 0.3 is 0 Å². The Bertz CT molecular complexity index is 821. The molecule has 3 rings (SSSR count). The van der Waals surface area contributed by atoms with Crippen molar-refractivity contribution in [3.05, 3.63) is 70.3 Å².